The average molecular weight is 278 g/mol. The SMILES string of the molecule is CC(CNC(c1cccs1)C1CC1)c1nccs1. The van der Waals surface area contributed by atoms with E-state index in [1.54, 1.807) is 11.3 Å². The monoisotopic (exact) mass is 278 g/mol. The van der Waals surface area contributed by atoms with Crippen molar-refractivity contribution in [2.45, 2.75) is 31.7 Å². The van der Waals surface area contributed by atoms with Crippen LogP contribution in [0.4, 0.5) is 0 Å². The predicted octanol–water partition coefficient (Wildman–Crippen LogP) is 4.05. The lowest BCUT2D eigenvalue weighted by Gasteiger charge is -2.19. The smallest absolute Gasteiger partial charge is 0.0965 e. The zero-order valence-corrected chi connectivity index (χ0v) is 12.1. The van der Waals surface area contributed by atoms with Crippen LogP contribution in [0.15, 0.2) is 29.1 Å². The molecule has 0 spiro atoms. The Labute approximate surface area is 116 Å². The molecule has 4 heteroatoms. The van der Waals surface area contributed by atoms with Crippen molar-refractivity contribution in [2.24, 2.45) is 5.92 Å². The van der Waals surface area contributed by atoms with Crippen LogP contribution < -0.4 is 5.32 Å². The quantitative estimate of drug-likeness (QED) is 0.862. The number of nitrogens with zero attached hydrogens (tertiary/aromatic N) is 1. The summed E-state index contributed by atoms with van der Waals surface area (Å²) in [6.07, 6.45) is 4.65. The van der Waals surface area contributed by atoms with E-state index in [9.17, 15) is 0 Å². The highest BCUT2D eigenvalue weighted by Gasteiger charge is 2.32. The van der Waals surface area contributed by atoms with Crippen molar-refractivity contribution in [2.75, 3.05) is 6.54 Å². The van der Waals surface area contributed by atoms with Crippen LogP contribution in [0.3, 0.4) is 0 Å². The van der Waals surface area contributed by atoms with Crippen LogP contribution in [0.25, 0.3) is 0 Å². The first-order chi connectivity index (χ1) is 8.84. The van der Waals surface area contributed by atoms with E-state index in [1.165, 1.54) is 22.7 Å². The second-order valence-electron chi connectivity index (χ2n) is 5.01. The van der Waals surface area contributed by atoms with Crippen molar-refractivity contribution < 1.29 is 0 Å². The predicted molar refractivity (Wildman–Crippen MR) is 78.3 cm³/mol. The maximum Gasteiger partial charge on any atom is 0.0965 e. The van der Waals surface area contributed by atoms with E-state index in [0.29, 0.717) is 12.0 Å². The summed E-state index contributed by atoms with van der Waals surface area (Å²) in [6.45, 7) is 3.27. The highest BCUT2D eigenvalue weighted by molar-refractivity contribution is 7.10. The molecule has 1 N–H and O–H groups in total. The molecule has 2 aromatic heterocycles. The lowest BCUT2D eigenvalue weighted by molar-refractivity contribution is 0.468. The summed E-state index contributed by atoms with van der Waals surface area (Å²) < 4.78 is 0. The molecular weight excluding hydrogens is 260 g/mol. The summed E-state index contributed by atoms with van der Waals surface area (Å²) in [5.74, 6) is 1.36. The number of rotatable bonds is 6. The van der Waals surface area contributed by atoms with Crippen molar-refractivity contribution in [1.82, 2.24) is 10.3 Å². The molecule has 0 aliphatic heterocycles. The molecule has 2 atom stereocenters. The van der Waals surface area contributed by atoms with Gasteiger partial charge in [-0.25, -0.2) is 4.98 Å². The molecule has 3 rings (SSSR count). The van der Waals surface area contributed by atoms with Crippen LogP contribution in [0.1, 0.15) is 41.6 Å². The molecule has 96 valence electrons. The largest absolute Gasteiger partial charge is 0.308 e. The van der Waals surface area contributed by atoms with Gasteiger partial charge in [-0.3, -0.25) is 0 Å². The topological polar surface area (TPSA) is 24.9 Å². The van der Waals surface area contributed by atoms with Gasteiger partial charge in [-0.05, 0) is 30.2 Å². The number of nitrogens with one attached hydrogen (secondary N) is 1. The van der Waals surface area contributed by atoms with E-state index >= 15 is 0 Å². The van der Waals surface area contributed by atoms with Crippen LogP contribution in [0.2, 0.25) is 0 Å². The molecule has 1 fully saturated rings. The normalized spacial score (nSPS) is 18.7. The van der Waals surface area contributed by atoms with Crippen molar-refractivity contribution in [1.29, 1.82) is 0 Å². The molecule has 0 amide bonds. The average Bonchev–Trinajstić information content (AvgIpc) is 2.87. The maximum atomic E-state index is 4.40. The van der Waals surface area contributed by atoms with Crippen molar-refractivity contribution >= 4 is 22.7 Å². The molecule has 1 aliphatic rings. The Morgan fingerprint density at radius 3 is 2.89 bits per heavy atom. The third-order valence-electron chi connectivity index (χ3n) is 3.46. The first-order valence-electron chi connectivity index (χ1n) is 6.51. The van der Waals surface area contributed by atoms with Crippen LogP contribution in [0.5, 0.6) is 0 Å². The number of aromatic nitrogens is 1. The van der Waals surface area contributed by atoms with Gasteiger partial charge in [0.25, 0.3) is 0 Å². The molecule has 0 aromatic carbocycles. The fourth-order valence-corrected chi connectivity index (χ4v) is 3.86. The number of hydrogen-bond donors (Lipinski definition) is 1. The van der Waals surface area contributed by atoms with Crippen molar-refractivity contribution in [3.63, 3.8) is 0 Å². The molecule has 0 saturated heterocycles. The van der Waals surface area contributed by atoms with Crippen LogP contribution in [-0.2, 0) is 0 Å². The Bertz CT molecular complexity index is 460. The zero-order valence-electron chi connectivity index (χ0n) is 10.5. The van der Waals surface area contributed by atoms with Crippen LogP contribution >= 0.6 is 22.7 Å². The van der Waals surface area contributed by atoms with E-state index in [0.717, 1.165) is 12.5 Å². The Balaban J connectivity index is 1.60. The molecule has 1 aliphatic carbocycles. The molecule has 0 radical (unpaired) electrons. The van der Waals surface area contributed by atoms with Gasteiger partial charge in [0.15, 0.2) is 0 Å². The summed E-state index contributed by atoms with van der Waals surface area (Å²) in [5, 5.41) is 9.22. The van der Waals surface area contributed by atoms with E-state index < -0.39 is 0 Å². The minimum atomic E-state index is 0.506. The third kappa shape index (κ3) is 2.82. The lowest BCUT2D eigenvalue weighted by atomic mass is 10.1. The Morgan fingerprint density at radius 1 is 1.39 bits per heavy atom. The van der Waals surface area contributed by atoms with Gasteiger partial charge in [-0.2, -0.15) is 0 Å². The molecular formula is C14H18N2S2. The van der Waals surface area contributed by atoms with Gasteiger partial charge >= 0.3 is 0 Å². The van der Waals surface area contributed by atoms with Crippen molar-refractivity contribution in [3.8, 4) is 0 Å². The molecule has 2 unspecified atom stereocenters. The maximum absolute atomic E-state index is 4.40. The van der Waals surface area contributed by atoms with Gasteiger partial charge in [0.2, 0.25) is 0 Å². The summed E-state index contributed by atoms with van der Waals surface area (Å²) in [6, 6.07) is 4.98. The number of hydrogen-bond acceptors (Lipinski definition) is 4. The van der Waals surface area contributed by atoms with E-state index in [-0.39, 0.29) is 0 Å². The van der Waals surface area contributed by atoms with Gasteiger partial charge in [0.1, 0.15) is 0 Å². The highest BCUT2D eigenvalue weighted by Crippen LogP contribution is 2.42. The van der Waals surface area contributed by atoms with Crippen LogP contribution in [0, 0.1) is 5.92 Å². The first kappa shape index (κ1) is 12.3. The van der Waals surface area contributed by atoms with Gasteiger partial charge in [-0.15, -0.1) is 22.7 Å². The molecule has 2 aromatic rings. The fraction of sp³-hybridized carbons (Fsp3) is 0.500. The Kier molecular flexibility index (Phi) is 3.77. The summed E-state index contributed by atoms with van der Waals surface area (Å²) in [4.78, 5) is 5.89. The van der Waals surface area contributed by atoms with E-state index in [1.807, 2.05) is 17.5 Å². The zero-order chi connectivity index (χ0) is 12.4. The number of thiophene rings is 1. The highest BCUT2D eigenvalue weighted by atomic mass is 32.1. The second-order valence-corrected chi connectivity index (χ2v) is 6.92. The van der Waals surface area contributed by atoms with Gasteiger partial charge in [0, 0.05) is 35.0 Å². The molecule has 2 nitrogen and oxygen atoms in total. The lowest BCUT2D eigenvalue weighted by Crippen LogP contribution is -2.26. The van der Waals surface area contributed by atoms with Gasteiger partial charge in [-0.1, -0.05) is 13.0 Å². The fourth-order valence-electron chi connectivity index (χ4n) is 2.27. The molecule has 1 saturated carbocycles. The summed E-state index contributed by atoms with van der Waals surface area (Å²) in [7, 11) is 0. The Hall–Kier alpha value is -0.710. The minimum Gasteiger partial charge on any atom is -0.308 e. The van der Waals surface area contributed by atoms with Crippen molar-refractivity contribution in [3.05, 3.63) is 39.0 Å². The molecule has 2 heterocycles. The van der Waals surface area contributed by atoms with E-state index in [2.05, 4.69) is 40.1 Å². The van der Waals surface area contributed by atoms with E-state index in [4.69, 9.17) is 0 Å². The van der Waals surface area contributed by atoms with Crippen LogP contribution in [-0.4, -0.2) is 11.5 Å². The molecule has 0 bridgehead atoms. The summed E-state index contributed by atoms with van der Waals surface area (Å²) in [5.41, 5.74) is 0. The van der Waals surface area contributed by atoms with Gasteiger partial charge in [0.05, 0.1) is 5.01 Å². The van der Waals surface area contributed by atoms with Gasteiger partial charge < -0.3 is 5.32 Å². The third-order valence-corrected chi connectivity index (χ3v) is 5.42. The standard InChI is InChI=1S/C14H18N2S2/c1-10(14-15-6-8-18-14)9-16-13(11-4-5-11)12-3-2-7-17-12/h2-3,6-8,10-11,13,16H,4-5,9H2,1H3. The molecule has 18 heavy (non-hydrogen) atoms. The summed E-state index contributed by atoms with van der Waals surface area (Å²) >= 11 is 3.63. The minimum absolute atomic E-state index is 0.506. The number of thiazole rings is 1. The Morgan fingerprint density at radius 2 is 2.28 bits per heavy atom. The second kappa shape index (κ2) is 5.51. The first-order valence-corrected chi connectivity index (χ1v) is 8.26.